The molecule has 1 aromatic carbocycles. The quantitative estimate of drug-likeness (QED) is 0.897. The van der Waals surface area contributed by atoms with E-state index in [1.54, 1.807) is 18.5 Å². The Morgan fingerprint density at radius 3 is 2.67 bits per heavy atom. The lowest BCUT2D eigenvalue weighted by Gasteiger charge is -2.40. The molecule has 2 aromatic rings. The molecule has 0 spiro atoms. The van der Waals surface area contributed by atoms with E-state index in [1.165, 1.54) is 45.1 Å². The van der Waals surface area contributed by atoms with Crippen molar-refractivity contribution in [3.8, 4) is 11.3 Å². The van der Waals surface area contributed by atoms with Gasteiger partial charge in [0.2, 0.25) is 5.91 Å². The number of piperidine rings is 1. The van der Waals surface area contributed by atoms with E-state index < -0.39 is 5.91 Å². The highest BCUT2D eigenvalue weighted by Gasteiger charge is 2.30. The first-order chi connectivity index (χ1) is 13.2. The van der Waals surface area contributed by atoms with Crippen LogP contribution in [0.15, 0.2) is 36.7 Å². The van der Waals surface area contributed by atoms with E-state index in [0.29, 0.717) is 11.5 Å². The zero-order valence-electron chi connectivity index (χ0n) is 15.8. The number of aromatic nitrogens is 2. The number of hydrogen-bond donors (Lipinski definition) is 1. The number of rotatable bonds is 4. The molecule has 1 aromatic heterocycles. The molecule has 1 aliphatic carbocycles. The summed E-state index contributed by atoms with van der Waals surface area (Å²) in [7, 11) is 0. The lowest BCUT2D eigenvalue weighted by Crippen LogP contribution is -2.43. The first-order valence-corrected chi connectivity index (χ1v) is 10.2. The molecule has 4 rings (SSSR count). The van der Waals surface area contributed by atoms with Gasteiger partial charge in [0, 0.05) is 42.0 Å². The van der Waals surface area contributed by atoms with Crippen LogP contribution in [0.5, 0.6) is 0 Å². The van der Waals surface area contributed by atoms with Crippen molar-refractivity contribution >= 4 is 5.91 Å². The zero-order valence-corrected chi connectivity index (χ0v) is 15.8. The third-order valence-electron chi connectivity index (χ3n) is 6.08. The minimum atomic E-state index is -0.413. The summed E-state index contributed by atoms with van der Waals surface area (Å²) in [5.41, 5.74) is 8.83. The van der Waals surface area contributed by atoms with Crippen LogP contribution in [0.25, 0.3) is 11.3 Å². The van der Waals surface area contributed by atoms with Gasteiger partial charge in [-0.25, -0.2) is 0 Å². The Hall–Kier alpha value is -2.27. The van der Waals surface area contributed by atoms with Gasteiger partial charge in [0.05, 0.1) is 11.4 Å². The van der Waals surface area contributed by atoms with Crippen LogP contribution < -0.4 is 5.73 Å². The van der Waals surface area contributed by atoms with Gasteiger partial charge in [0.15, 0.2) is 0 Å². The lowest BCUT2D eigenvalue weighted by atomic mass is 9.87. The van der Waals surface area contributed by atoms with Crippen LogP contribution in [0.1, 0.15) is 66.9 Å². The van der Waals surface area contributed by atoms with E-state index in [4.69, 9.17) is 10.7 Å². The Labute approximate surface area is 161 Å². The molecule has 5 nitrogen and oxygen atoms in total. The first-order valence-electron chi connectivity index (χ1n) is 10.2. The van der Waals surface area contributed by atoms with Gasteiger partial charge in [-0.1, -0.05) is 31.4 Å². The normalized spacial score (nSPS) is 21.9. The van der Waals surface area contributed by atoms with Crippen molar-refractivity contribution in [3.05, 3.63) is 47.9 Å². The van der Waals surface area contributed by atoms with Gasteiger partial charge in [-0.3, -0.25) is 19.7 Å². The number of likely N-dealkylation sites (tertiary alicyclic amines) is 1. The summed E-state index contributed by atoms with van der Waals surface area (Å²) in [4.78, 5) is 23.6. The number of carbonyl (C=O) groups excluding carboxylic acids is 1. The van der Waals surface area contributed by atoms with E-state index in [2.05, 4.69) is 9.88 Å². The Kier molecular flexibility index (Phi) is 5.48. The standard InChI is InChI=1S/C22H28N4O/c23-22(27)17-7-4-6-16(14-17)20-21(25-12-11-24-20)18-8-5-13-26(15-18)19-9-2-1-3-10-19/h4,6-7,11-12,14,18-19H,1-3,5,8-10,13,15H2,(H2,23,27)/t18-/m1/s1. The summed E-state index contributed by atoms with van der Waals surface area (Å²) in [5, 5.41) is 0. The van der Waals surface area contributed by atoms with Crippen molar-refractivity contribution in [2.45, 2.75) is 56.9 Å². The number of primary amides is 1. The van der Waals surface area contributed by atoms with Gasteiger partial charge in [-0.05, 0) is 44.4 Å². The van der Waals surface area contributed by atoms with E-state index >= 15 is 0 Å². The molecule has 1 aliphatic heterocycles. The molecule has 1 saturated carbocycles. The smallest absolute Gasteiger partial charge is 0.248 e. The molecule has 142 valence electrons. The van der Waals surface area contributed by atoms with Crippen LogP contribution in [0.3, 0.4) is 0 Å². The molecule has 27 heavy (non-hydrogen) atoms. The third kappa shape index (κ3) is 4.03. The molecule has 1 atom stereocenters. The molecule has 0 bridgehead atoms. The van der Waals surface area contributed by atoms with Gasteiger partial charge in [0.25, 0.3) is 0 Å². The molecule has 2 fully saturated rings. The SMILES string of the molecule is NC(=O)c1cccc(-c2nccnc2[C@@H]2CCCN(C3CCCCC3)C2)c1. The van der Waals surface area contributed by atoms with E-state index in [9.17, 15) is 4.79 Å². The maximum Gasteiger partial charge on any atom is 0.248 e. The van der Waals surface area contributed by atoms with E-state index in [0.717, 1.165) is 36.0 Å². The van der Waals surface area contributed by atoms with Crippen LogP contribution in [-0.2, 0) is 0 Å². The summed E-state index contributed by atoms with van der Waals surface area (Å²) in [5.74, 6) is -0.0231. The van der Waals surface area contributed by atoms with Crippen molar-refractivity contribution in [1.29, 1.82) is 0 Å². The molecule has 0 radical (unpaired) electrons. The molecule has 0 unspecified atom stereocenters. The van der Waals surface area contributed by atoms with Crippen LogP contribution in [-0.4, -0.2) is 39.9 Å². The van der Waals surface area contributed by atoms with Gasteiger partial charge in [-0.2, -0.15) is 0 Å². The maximum absolute atomic E-state index is 11.6. The summed E-state index contributed by atoms with van der Waals surface area (Å²) >= 11 is 0. The highest BCUT2D eigenvalue weighted by atomic mass is 16.1. The van der Waals surface area contributed by atoms with Gasteiger partial charge in [0.1, 0.15) is 0 Å². The highest BCUT2D eigenvalue weighted by Crippen LogP contribution is 2.34. The second kappa shape index (κ2) is 8.17. The molecule has 5 heteroatoms. The number of amides is 1. The number of benzene rings is 1. The Bertz CT molecular complexity index is 800. The fraction of sp³-hybridized carbons (Fsp3) is 0.500. The average molecular weight is 364 g/mol. The van der Waals surface area contributed by atoms with Crippen molar-refractivity contribution in [2.75, 3.05) is 13.1 Å². The van der Waals surface area contributed by atoms with Crippen LogP contribution in [0.2, 0.25) is 0 Å². The predicted octanol–water partition coefficient (Wildman–Crippen LogP) is 3.75. The zero-order chi connectivity index (χ0) is 18.6. The lowest BCUT2D eigenvalue weighted by molar-refractivity contribution is 0.100. The highest BCUT2D eigenvalue weighted by molar-refractivity contribution is 5.94. The fourth-order valence-electron chi connectivity index (χ4n) is 4.70. The van der Waals surface area contributed by atoms with Gasteiger partial charge in [-0.15, -0.1) is 0 Å². The summed E-state index contributed by atoms with van der Waals surface area (Å²) in [6, 6.07) is 8.16. The molecular weight excluding hydrogens is 336 g/mol. The van der Waals surface area contributed by atoms with Crippen molar-refractivity contribution < 1.29 is 4.79 Å². The Morgan fingerprint density at radius 1 is 1.04 bits per heavy atom. The van der Waals surface area contributed by atoms with Gasteiger partial charge < -0.3 is 5.73 Å². The fourth-order valence-corrected chi connectivity index (χ4v) is 4.70. The maximum atomic E-state index is 11.6. The van der Waals surface area contributed by atoms with E-state index in [-0.39, 0.29) is 0 Å². The van der Waals surface area contributed by atoms with Crippen LogP contribution in [0.4, 0.5) is 0 Å². The Balaban J connectivity index is 1.60. The topological polar surface area (TPSA) is 72.1 Å². The van der Waals surface area contributed by atoms with Crippen LogP contribution >= 0.6 is 0 Å². The van der Waals surface area contributed by atoms with Crippen molar-refractivity contribution in [1.82, 2.24) is 14.9 Å². The number of carbonyl (C=O) groups is 1. The number of nitrogens with zero attached hydrogens (tertiary/aromatic N) is 3. The van der Waals surface area contributed by atoms with Gasteiger partial charge >= 0.3 is 0 Å². The third-order valence-corrected chi connectivity index (χ3v) is 6.08. The molecule has 2 heterocycles. The minimum absolute atomic E-state index is 0.390. The Morgan fingerprint density at radius 2 is 1.85 bits per heavy atom. The molecule has 1 saturated heterocycles. The second-order valence-electron chi connectivity index (χ2n) is 7.86. The molecule has 2 aliphatic rings. The second-order valence-corrected chi connectivity index (χ2v) is 7.86. The van der Waals surface area contributed by atoms with E-state index in [1.807, 2.05) is 18.2 Å². The van der Waals surface area contributed by atoms with Crippen LogP contribution in [0, 0.1) is 0 Å². The average Bonchev–Trinajstić information content (AvgIpc) is 2.74. The number of nitrogens with two attached hydrogens (primary N) is 1. The van der Waals surface area contributed by atoms with Crippen molar-refractivity contribution in [2.24, 2.45) is 5.73 Å². The molecular formula is C22H28N4O. The monoisotopic (exact) mass is 364 g/mol. The predicted molar refractivity (Wildman–Crippen MR) is 106 cm³/mol. The summed E-state index contributed by atoms with van der Waals surface area (Å²) in [6.45, 7) is 2.26. The number of hydrogen-bond acceptors (Lipinski definition) is 4. The minimum Gasteiger partial charge on any atom is -0.366 e. The largest absolute Gasteiger partial charge is 0.366 e. The molecule has 2 N–H and O–H groups in total. The van der Waals surface area contributed by atoms with Crippen molar-refractivity contribution in [3.63, 3.8) is 0 Å². The molecule has 1 amide bonds. The summed E-state index contributed by atoms with van der Waals surface area (Å²) < 4.78 is 0. The summed E-state index contributed by atoms with van der Waals surface area (Å²) in [6.07, 6.45) is 12.7. The first kappa shape index (κ1) is 18.1.